The Kier molecular flexibility index (Phi) is 6.40. The maximum absolute atomic E-state index is 13.2. The van der Waals surface area contributed by atoms with Crippen molar-refractivity contribution in [3.8, 4) is 5.75 Å². The molecule has 3 aromatic carbocycles. The molecule has 0 saturated heterocycles. The van der Waals surface area contributed by atoms with Crippen molar-refractivity contribution in [1.29, 1.82) is 0 Å². The van der Waals surface area contributed by atoms with Crippen LogP contribution in [0.15, 0.2) is 64.2 Å². The zero-order valence-electron chi connectivity index (χ0n) is 19.3. The average Bonchev–Trinajstić information content (AvgIpc) is 3.41. The van der Waals surface area contributed by atoms with Crippen molar-refractivity contribution in [2.24, 2.45) is 5.16 Å². The van der Waals surface area contributed by atoms with Gasteiger partial charge in [-0.25, -0.2) is 4.79 Å². The van der Waals surface area contributed by atoms with Gasteiger partial charge in [-0.05, 0) is 61.5 Å². The van der Waals surface area contributed by atoms with Crippen LogP contribution in [0.2, 0.25) is 0 Å². The second-order valence-corrected chi connectivity index (χ2v) is 9.08. The van der Waals surface area contributed by atoms with E-state index in [0.717, 1.165) is 31.8 Å². The number of aromatic nitrogens is 1. The topological polar surface area (TPSA) is 79.1 Å². The molecule has 0 fully saturated rings. The van der Waals surface area contributed by atoms with Crippen molar-refractivity contribution in [3.63, 3.8) is 0 Å². The molecular formula is C27H23BrN2O5. The second kappa shape index (κ2) is 9.64. The maximum Gasteiger partial charge on any atom is 0.331 e. The molecule has 4 aromatic rings. The molecule has 0 bridgehead atoms. The molecule has 1 aromatic heterocycles. The SMILES string of the molecule is CCOCCn1c2ccc(C(=O)c3ccc(Br)cc3)cc2c2c3c(ccc21)/C(=N/OC(C)=O)CO3. The fourth-order valence-electron chi connectivity index (χ4n) is 4.40. The van der Waals surface area contributed by atoms with Gasteiger partial charge in [-0.1, -0.05) is 21.1 Å². The molecule has 0 radical (unpaired) electrons. The molecule has 0 saturated carbocycles. The quantitative estimate of drug-likeness (QED) is 0.136. The van der Waals surface area contributed by atoms with E-state index in [4.69, 9.17) is 14.3 Å². The minimum Gasteiger partial charge on any atom is -0.486 e. The van der Waals surface area contributed by atoms with E-state index >= 15 is 0 Å². The number of carbonyl (C=O) groups is 2. The molecule has 0 atom stereocenters. The number of ketones is 1. The molecule has 0 aliphatic carbocycles. The summed E-state index contributed by atoms with van der Waals surface area (Å²) in [6, 6.07) is 17.0. The Labute approximate surface area is 210 Å². The van der Waals surface area contributed by atoms with E-state index in [1.54, 1.807) is 12.1 Å². The number of ether oxygens (including phenoxy) is 2. The summed E-state index contributed by atoms with van der Waals surface area (Å²) in [5.41, 5.74) is 4.48. The molecule has 178 valence electrons. The van der Waals surface area contributed by atoms with Gasteiger partial charge in [0.05, 0.1) is 17.5 Å². The summed E-state index contributed by atoms with van der Waals surface area (Å²) in [5, 5.41) is 5.77. The maximum atomic E-state index is 13.2. The summed E-state index contributed by atoms with van der Waals surface area (Å²) < 4.78 is 14.8. The Bertz CT molecular complexity index is 1490. The zero-order chi connectivity index (χ0) is 24.5. The number of rotatable bonds is 7. The Morgan fingerprint density at radius 2 is 1.80 bits per heavy atom. The fraction of sp³-hybridized carbons (Fsp3) is 0.222. The molecule has 7 nitrogen and oxygen atoms in total. The van der Waals surface area contributed by atoms with Gasteiger partial charge in [-0.2, -0.15) is 0 Å². The van der Waals surface area contributed by atoms with Crippen LogP contribution in [0.4, 0.5) is 0 Å². The zero-order valence-corrected chi connectivity index (χ0v) is 20.9. The monoisotopic (exact) mass is 534 g/mol. The number of fused-ring (bicyclic) bond motifs is 5. The highest BCUT2D eigenvalue weighted by Crippen LogP contribution is 2.41. The van der Waals surface area contributed by atoms with E-state index in [1.807, 2.05) is 49.4 Å². The Hall–Kier alpha value is -3.49. The first-order valence-corrected chi connectivity index (χ1v) is 12.1. The smallest absolute Gasteiger partial charge is 0.331 e. The normalized spacial score (nSPS) is 13.9. The third-order valence-electron chi connectivity index (χ3n) is 5.96. The largest absolute Gasteiger partial charge is 0.486 e. The number of hydrogen-bond donors (Lipinski definition) is 0. The van der Waals surface area contributed by atoms with Gasteiger partial charge in [-0.3, -0.25) is 4.79 Å². The highest BCUT2D eigenvalue weighted by atomic mass is 79.9. The summed E-state index contributed by atoms with van der Waals surface area (Å²) >= 11 is 3.42. The van der Waals surface area contributed by atoms with E-state index < -0.39 is 5.97 Å². The van der Waals surface area contributed by atoms with Crippen LogP contribution in [0.1, 0.15) is 35.3 Å². The summed E-state index contributed by atoms with van der Waals surface area (Å²) in [6.45, 7) is 5.33. The van der Waals surface area contributed by atoms with Crippen LogP contribution in [-0.2, 0) is 20.9 Å². The van der Waals surface area contributed by atoms with E-state index in [1.165, 1.54) is 6.92 Å². The molecular weight excluding hydrogens is 512 g/mol. The number of hydrogen-bond acceptors (Lipinski definition) is 6. The molecule has 1 aliphatic heterocycles. The molecule has 5 rings (SSSR count). The lowest BCUT2D eigenvalue weighted by atomic mass is 10.00. The average molecular weight is 535 g/mol. The third-order valence-corrected chi connectivity index (χ3v) is 6.49. The molecule has 0 amide bonds. The van der Waals surface area contributed by atoms with Crippen LogP contribution < -0.4 is 4.74 Å². The molecule has 2 heterocycles. The van der Waals surface area contributed by atoms with Crippen molar-refractivity contribution < 1.29 is 23.9 Å². The summed E-state index contributed by atoms with van der Waals surface area (Å²) in [7, 11) is 0. The van der Waals surface area contributed by atoms with E-state index in [9.17, 15) is 9.59 Å². The Morgan fingerprint density at radius 3 is 2.54 bits per heavy atom. The van der Waals surface area contributed by atoms with Crippen LogP contribution >= 0.6 is 15.9 Å². The highest BCUT2D eigenvalue weighted by molar-refractivity contribution is 9.10. The van der Waals surface area contributed by atoms with Gasteiger partial charge in [-0.15, -0.1) is 0 Å². The Balaban J connectivity index is 1.68. The minimum absolute atomic E-state index is 0.0554. The Morgan fingerprint density at radius 1 is 1.06 bits per heavy atom. The lowest BCUT2D eigenvalue weighted by Gasteiger charge is -2.08. The van der Waals surface area contributed by atoms with Crippen molar-refractivity contribution in [2.45, 2.75) is 20.4 Å². The van der Waals surface area contributed by atoms with Crippen LogP contribution in [0.5, 0.6) is 5.75 Å². The van der Waals surface area contributed by atoms with Crippen molar-refractivity contribution in [2.75, 3.05) is 19.8 Å². The third kappa shape index (κ3) is 4.35. The van der Waals surface area contributed by atoms with Crippen LogP contribution in [0.3, 0.4) is 0 Å². The second-order valence-electron chi connectivity index (χ2n) is 8.16. The summed E-state index contributed by atoms with van der Waals surface area (Å²) in [5.74, 6) is 0.123. The van der Waals surface area contributed by atoms with Crippen LogP contribution in [0.25, 0.3) is 21.8 Å². The number of benzene rings is 3. The van der Waals surface area contributed by atoms with Crippen LogP contribution in [-0.4, -0.2) is 41.9 Å². The molecule has 0 unspecified atom stereocenters. The first kappa shape index (κ1) is 23.3. The summed E-state index contributed by atoms with van der Waals surface area (Å²) in [6.07, 6.45) is 0. The molecule has 0 N–H and O–H groups in total. The fourth-order valence-corrected chi connectivity index (χ4v) is 4.66. The van der Waals surface area contributed by atoms with E-state index in [-0.39, 0.29) is 12.4 Å². The van der Waals surface area contributed by atoms with Crippen molar-refractivity contribution >= 4 is 55.2 Å². The van der Waals surface area contributed by atoms with E-state index in [0.29, 0.717) is 42.3 Å². The van der Waals surface area contributed by atoms with Gasteiger partial charge in [0.1, 0.15) is 18.1 Å². The minimum atomic E-state index is -0.490. The van der Waals surface area contributed by atoms with Gasteiger partial charge in [0.15, 0.2) is 5.78 Å². The standard InChI is InChI=1S/C27H23BrN2O5/c1-3-33-13-12-30-23-10-6-18(26(32)17-4-7-19(28)8-5-17)14-21(23)25-24(30)11-9-20-22(15-34-27(20)25)29-35-16(2)31/h4-11,14H,3,12-13,15H2,1-2H3/b29-22+. The number of nitrogens with zero attached hydrogens (tertiary/aromatic N) is 2. The number of oxime groups is 1. The molecule has 35 heavy (non-hydrogen) atoms. The van der Waals surface area contributed by atoms with Crippen molar-refractivity contribution in [3.05, 3.63) is 75.8 Å². The number of carbonyl (C=O) groups excluding carboxylic acids is 2. The van der Waals surface area contributed by atoms with Gasteiger partial charge >= 0.3 is 5.97 Å². The van der Waals surface area contributed by atoms with Crippen molar-refractivity contribution in [1.82, 2.24) is 4.57 Å². The van der Waals surface area contributed by atoms with Gasteiger partial charge in [0.25, 0.3) is 0 Å². The van der Waals surface area contributed by atoms with Gasteiger partial charge < -0.3 is 18.9 Å². The lowest BCUT2D eigenvalue weighted by molar-refractivity contribution is -0.140. The summed E-state index contributed by atoms with van der Waals surface area (Å²) in [4.78, 5) is 29.4. The number of halogens is 1. The lowest BCUT2D eigenvalue weighted by Crippen LogP contribution is -2.06. The van der Waals surface area contributed by atoms with Crippen LogP contribution in [0, 0.1) is 0 Å². The molecule has 8 heteroatoms. The molecule has 0 spiro atoms. The molecule has 1 aliphatic rings. The van der Waals surface area contributed by atoms with Gasteiger partial charge in [0.2, 0.25) is 0 Å². The predicted molar refractivity (Wildman–Crippen MR) is 137 cm³/mol. The first-order chi connectivity index (χ1) is 17.0. The predicted octanol–water partition coefficient (Wildman–Crippen LogP) is 5.48. The first-order valence-electron chi connectivity index (χ1n) is 11.3. The highest BCUT2D eigenvalue weighted by Gasteiger charge is 2.27. The van der Waals surface area contributed by atoms with E-state index in [2.05, 4.69) is 25.7 Å². The van der Waals surface area contributed by atoms with Gasteiger partial charge in [0, 0.05) is 52.1 Å².